The number of hydrogen-bond acceptors (Lipinski definition) is 2. The van der Waals surface area contributed by atoms with E-state index in [1.54, 1.807) is 0 Å². The van der Waals surface area contributed by atoms with E-state index >= 15 is 0 Å². The summed E-state index contributed by atoms with van der Waals surface area (Å²) in [4.78, 5) is 2.48. The standard InChI is InChI=1S/C13H19BrN2/c1-2-15-9-11-6-7-16(10-11)13-5-3-4-12(14)8-13/h3-5,8,11,15H,2,6-7,9-10H2,1H3. The van der Waals surface area contributed by atoms with Crippen molar-refractivity contribution in [3.05, 3.63) is 28.7 Å². The van der Waals surface area contributed by atoms with Crippen molar-refractivity contribution >= 4 is 21.6 Å². The van der Waals surface area contributed by atoms with Crippen molar-refractivity contribution in [2.45, 2.75) is 13.3 Å². The fraction of sp³-hybridized carbons (Fsp3) is 0.538. The van der Waals surface area contributed by atoms with Gasteiger partial charge in [-0.2, -0.15) is 0 Å². The number of hydrogen-bond donors (Lipinski definition) is 1. The van der Waals surface area contributed by atoms with E-state index in [-0.39, 0.29) is 0 Å². The molecule has 0 aromatic heterocycles. The van der Waals surface area contributed by atoms with E-state index in [9.17, 15) is 0 Å². The van der Waals surface area contributed by atoms with E-state index in [4.69, 9.17) is 0 Å². The zero-order chi connectivity index (χ0) is 11.4. The summed E-state index contributed by atoms with van der Waals surface area (Å²) in [5.41, 5.74) is 1.34. The van der Waals surface area contributed by atoms with Crippen LogP contribution >= 0.6 is 15.9 Å². The fourth-order valence-corrected chi connectivity index (χ4v) is 2.64. The highest BCUT2D eigenvalue weighted by molar-refractivity contribution is 9.10. The number of halogens is 1. The molecule has 1 saturated heterocycles. The molecule has 1 aliphatic rings. The van der Waals surface area contributed by atoms with Crippen molar-refractivity contribution in [2.75, 3.05) is 31.1 Å². The third-order valence-corrected chi connectivity index (χ3v) is 3.64. The maximum absolute atomic E-state index is 3.53. The van der Waals surface area contributed by atoms with Crippen molar-refractivity contribution < 1.29 is 0 Å². The maximum atomic E-state index is 3.53. The second-order valence-corrected chi connectivity index (χ2v) is 5.30. The van der Waals surface area contributed by atoms with Crippen LogP contribution in [0.5, 0.6) is 0 Å². The van der Waals surface area contributed by atoms with E-state index in [1.165, 1.54) is 29.7 Å². The maximum Gasteiger partial charge on any atom is 0.0377 e. The van der Waals surface area contributed by atoms with Gasteiger partial charge in [0, 0.05) is 23.2 Å². The molecule has 1 aromatic carbocycles. The molecule has 16 heavy (non-hydrogen) atoms. The third kappa shape index (κ3) is 2.98. The molecule has 3 heteroatoms. The minimum absolute atomic E-state index is 0.805. The predicted octanol–water partition coefficient (Wildman–Crippen LogP) is 2.88. The first-order chi connectivity index (χ1) is 7.79. The molecule has 2 nitrogen and oxygen atoms in total. The lowest BCUT2D eigenvalue weighted by molar-refractivity contribution is 0.528. The zero-order valence-electron chi connectivity index (χ0n) is 9.75. The third-order valence-electron chi connectivity index (χ3n) is 3.14. The minimum atomic E-state index is 0.805. The summed E-state index contributed by atoms with van der Waals surface area (Å²) in [5.74, 6) is 0.805. The highest BCUT2D eigenvalue weighted by Gasteiger charge is 2.21. The van der Waals surface area contributed by atoms with Crippen LogP contribution in [-0.4, -0.2) is 26.2 Å². The van der Waals surface area contributed by atoms with Crippen LogP contribution in [0.25, 0.3) is 0 Å². The Balaban J connectivity index is 1.93. The SMILES string of the molecule is CCNCC1CCN(c2cccc(Br)c2)C1. The summed E-state index contributed by atoms with van der Waals surface area (Å²) in [6.45, 7) is 6.77. The number of anilines is 1. The summed E-state index contributed by atoms with van der Waals surface area (Å²) >= 11 is 3.53. The molecule has 1 unspecified atom stereocenters. The Morgan fingerprint density at radius 3 is 3.12 bits per heavy atom. The van der Waals surface area contributed by atoms with Crippen molar-refractivity contribution in [1.82, 2.24) is 5.32 Å². The van der Waals surface area contributed by atoms with Gasteiger partial charge in [0.1, 0.15) is 0 Å². The molecule has 1 heterocycles. The van der Waals surface area contributed by atoms with Gasteiger partial charge in [-0.05, 0) is 43.6 Å². The van der Waals surface area contributed by atoms with Gasteiger partial charge in [-0.25, -0.2) is 0 Å². The smallest absolute Gasteiger partial charge is 0.0377 e. The lowest BCUT2D eigenvalue weighted by atomic mass is 10.1. The highest BCUT2D eigenvalue weighted by atomic mass is 79.9. The number of benzene rings is 1. The Labute approximate surface area is 106 Å². The van der Waals surface area contributed by atoms with Gasteiger partial charge in [0.25, 0.3) is 0 Å². The monoisotopic (exact) mass is 282 g/mol. The number of nitrogens with zero attached hydrogens (tertiary/aromatic N) is 1. The molecule has 0 spiro atoms. The molecule has 0 aliphatic carbocycles. The zero-order valence-corrected chi connectivity index (χ0v) is 11.3. The summed E-state index contributed by atoms with van der Waals surface area (Å²) in [7, 11) is 0. The molecular weight excluding hydrogens is 264 g/mol. The molecule has 88 valence electrons. The van der Waals surface area contributed by atoms with Crippen molar-refractivity contribution in [3.63, 3.8) is 0 Å². The minimum Gasteiger partial charge on any atom is -0.371 e. The molecule has 1 N–H and O–H groups in total. The van der Waals surface area contributed by atoms with Crippen LogP contribution in [-0.2, 0) is 0 Å². The molecule has 1 aromatic rings. The molecule has 0 radical (unpaired) electrons. The normalized spacial score (nSPS) is 20.4. The molecule has 1 atom stereocenters. The van der Waals surface area contributed by atoms with E-state index in [2.05, 4.69) is 57.3 Å². The van der Waals surface area contributed by atoms with Gasteiger partial charge in [0.15, 0.2) is 0 Å². The van der Waals surface area contributed by atoms with Crippen LogP contribution < -0.4 is 10.2 Å². The van der Waals surface area contributed by atoms with Gasteiger partial charge in [-0.1, -0.05) is 28.9 Å². The van der Waals surface area contributed by atoms with Crippen LogP contribution in [0.1, 0.15) is 13.3 Å². The van der Waals surface area contributed by atoms with Crippen LogP contribution in [0.3, 0.4) is 0 Å². The topological polar surface area (TPSA) is 15.3 Å². The molecule has 0 saturated carbocycles. The van der Waals surface area contributed by atoms with E-state index < -0.39 is 0 Å². The Morgan fingerprint density at radius 2 is 2.38 bits per heavy atom. The molecule has 0 amide bonds. The first-order valence-corrected chi connectivity index (χ1v) is 6.80. The van der Waals surface area contributed by atoms with Crippen LogP contribution in [0.15, 0.2) is 28.7 Å². The Hall–Kier alpha value is -0.540. The number of rotatable bonds is 4. The average molecular weight is 283 g/mol. The van der Waals surface area contributed by atoms with Crippen LogP contribution in [0.4, 0.5) is 5.69 Å². The summed E-state index contributed by atoms with van der Waals surface area (Å²) in [5, 5.41) is 3.44. The predicted molar refractivity (Wildman–Crippen MR) is 73.0 cm³/mol. The van der Waals surface area contributed by atoms with E-state index in [0.29, 0.717) is 0 Å². The van der Waals surface area contributed by atoms with Crippen LogP contribution in [0.2, 0.25) is 0 Å². The van der Waals surface area contributed by atoms with Crippen molar-refractivity contribution in [3.8, 4) is 0 Å². The Kier molecular flexibility index (Phi) is 4.24. The first-order valence-electron chi connectivity index (χ1n) is 6.01. The van der Waals surface area contributed by atoms with Gasteiger partial charge in [-0.3, -0.25) is 0 Å². The molecule has 1 fully saturated rings. The average Bonchev–Trinajstić information content (AvgIpc) is 2.75. The fourth-order valence-electron chi connectivity index (χ4n) is 2.26. The summed E-state index contributed by atoms with van der Waals surface area (Å²) in [6.07, 6.45) is 1.31. The van der Waals surface area contributed by atoms with Gasteiger partial charge in [-0.15, -0.1) is 0 Å². The first kappa shape index (κ1) is 11.9. The van der Waals surface area contributed by atoms with E-state index in [1.807, 2.05) is 0 Å². The second kappa shape index (κ2) is 5.69. The molecule has 1 aliphatic heterocycles. The lowest BCUT2D eigenvalue weighted by Crippen LogP contribution is -2.26. The Morgan fingerprint density at radius 1 is 1.50 bits per heavy atom. The largest absolute Gasteiger partial charge is 0.371 e. The second-order valence-electron chi connectivity index (χ2n) is 4.39. The van der Waals surface area contributed by atoms with E-state index in [0.717, 1.165) is 19.0 Å². The molecule has 0 bridgehead atoms. The van der Waals surface area contributed by atoms with Gasteiger partial charge >= 0.3 is 0 Å². The Bertz CT molecular complexity index is 340. The summed E-state index contributed by atoms with van der Waals surface area (Å²) < 4.78 is 1.17. The highest BCUT2D eigenvalue weighted by Crippen LogP contribution is 2.25. The lowest BCUT2D eigenvalue weighted by Gasteiger charge is -2.19. The van der Waals surface area contributed by atoms with Gasteiger partial charge < -0.3 is 10.2 Å². The van der Waals surface area contributed by atoms with Gasteiger partial charge in [0.2, 0.25) is 0 Å². The summed E-state index contributed by atoms with van der Waals surface area (Å²) in [6, 6.07) is 8.59. The van der Waals surface area contributed by atoms with Gasteiger partial charge in [0.05, 0.1) is 0 Å². The molecule has 2 rings (SSSR count). The molecular formula is C13H19BrN2. The number of nitrogens with one attached hydrogen (secondary N) is 1. The van der Waals surface area contributed by atoms with Crippen LogP contribution in [0, 0.1) is 5.92 Å². The quantitative estimate of drug-likeness (QED) is 0.914. The van der Waals surface area contributed by atoms with Crippen molar-refractivity contribution in [2.24, 2.45) is 5.92 Å². The van der Waals surface area contributed by atoms with Crippen molar-refractivity contribution in [1.29, 1.82) is 0 Å².